The highest BCUT2D eigenvalue weighted by Crippen LogP contribution is 2.46. The summed E-state index contributed by atoms with van der Waals surface area (Å²) in [5.74, 6) is 0.0672. The predicted octanol–water partition coefficient (Wildman–Crippen LogP) is 4.49. The molecule has 0 aliphatic heterocycles. The fourth-order valence-electron chi connectivity index (χ4n) is 2.66. The Morgan fingerprint density at radius 3 is 1.79 bits per heavy atom. The monoisotopic (exact) mass is 414 g/mol. The molecule has 0 amide bonds. The number of benzene rings is 3. The number of hydrogen-bond donors (Lipinski definition) is 1. The molecule has 0 spiro atoms. The van der Waals surface area contributed by atoms with Gasteiger partial charge in [-0.1, -0.05) is 48.5 Å². The van der Waals surface area contributed by atoms with Crippen molar-refractivity contribution in [3.63, 3.8) is 0 Å². The molecule has 29 heavy (non-hydrogen) atoms. The smallest absolute Gasteiger partial charge is 0.496 e. The number of methoxy groups -OCH3 is 2. The van der Waals surface area contributed by atoms with Crippen LogP contribution >= 0.6 is 7.82 Å². The van der Waals surface area contributed by atoms with Crippen molar-refractivity contribution in [3.05, 3.63) is 83.9 Å². The minimum absolute atomic E-state index is 0.0509. The van der Waals surface area contributed by atoms with E-state index in [1.807, 2.05) is 0 Å². The average molecular weight is 414 g/mol. The fourth-order valence-corrected chi connectivity index (χ4v) is 3.46. The molecule has 3 aromatic carbocycles. The van der Waals surface area contributed by atoms with E-state index < -0.39 is 7.82 Å². The molecule has 150 valence electrons. The van der Waals surface area contributed by atoms with E-state index in [0.717, 1.165) is 0 Å². The summed E-state index contributed by atoms with van der Waals surface area (Å²) in [6, 6.07) is 19.4. The third kappa shape index (κ3) is 4.96. The number of carbonyl (C=O) groups excluding carboxylic acids is 1. The van der Waals surface area contributed by atoms with E-state index in [9.17, 15) is 14.3 Å². The number of para-hydroxylation sites is 1. The third-order valence-electron chi connectivity index (χ3n) is 3.93. The standard InChI is InChI=1S/C21H19O7P/c1-25-18-13-17(28-29(23,24)27-16-11-7-4-8-12-16)14-19(26-2)20(18)21(22)15-9-5-3-6-10-15/h3-14H,1-2H3,(H,23,24). The molecule has 1 N–H and O–H groups in total. The van der Waals surface area contributed by atoms with Crippen molar-refractivity contribution in [2.45, 2.75) is 0 Å². The molecule has 3 aromatic rings. The molecule has 0 saturated carbocycles. The normalized spacial score (nSPS) is 12.5. The SMILES string of the molecule is COc1cc(OP(=O)(O)Oc2ccccc2)cc(OC)c1C(=O)c1ccccc1. The number of carbonyl (C=O) groups is 1. The predicted molar refractivity (Wildman–Crippen MR) is 107 cm³/mol. The number of ether oxygens (including phenoxy) is 2. The molecule has 8 heteroatoms. The van der Waals surface area contributed by atoms with Crippen molar-refractivity contribution in [2.75, 3.05) is 14.2 Å². The molecule has 0 bridgehead atoms. The molecule has 0 aliphatic rings. The zero-order valence-electron chi connectivity index (χ0n) is 15.8. The molecule has 0 radical (unpaired) electrons. The van der Waals surface area contributed by atoms with Crippen LogP contribution in [0.4, 0.5) is 0 Å². The summed E-state index contributed by atoms with van der Waals surface area (Å²) in [6.45, 7) is 0. The molecular weight excluding hydrogens is 395 g/mol. The largest absolute Gasteiger partial charge is 0.584 e. The lowest BCUT2D eigenvalue weighted by Crippen LogP contribution is -2.07. The van der Waals surface area contributed by atoms with Gasteiger partial charge in [0, 0.05) is 17.7 Å². The first kappa shape index (κ1) is 20.5. The first-order valence-corrected chi connectivity index (χ1v) is 10.1. The van der Waals surface area contributed by atoms with Crippen molar-refractivity contribution in [2.24, 2.45) is 0 Å². The summed E-state index contributed by atoms with van der Waals surface area (Å²) in [7, 11) is -1.74. The molecular formula is C21H19O7P. The van der Waals surface area contributed by atoms with Crippen LogP contribution in [0.3, 0.4) is 0 Å². The van der Waals surface area contributed by atoms with E-state index in [1.54, 1.807) is 48.5 Å². The first-order valence-electron chi connectivity index (χ1n) is 8.56. The van der Waals surface area contributed by atoms with E-state index >= 15 is 0 Å². The summed E-state index contributed by atoms with van der Waals surface area (Å²) < 4.78 is 33.2. The fraction of sp³-hybridized carbons (Fsp3) is 0.0952. The van der Waals surface area contributed by atoms with Gasteiger partial charge in [-0.2, -0.15) is 0 Å². The van der Waals surface area contributed by atoms with Crippen molar-refractivity contribution in [1.82, 2.24) is 0 Å². The maximum Gasteiger partial charge on any atom is 0.584 e. The van der Waals surface area contributed by atoms with Crippen LogP contribution in [0.15, 0.2) is 72.8 Å². The Labute approximate surface area is 168 Å². The number of ketones is 1. The van der Waals surface area contributed by atoms with Crippen LogP contribution < -0.4 is 18.5 Å². The van der Waals surface area contributed by atoms with E-state index in [4.69, 9.17) is 18.5 Å². The summed E-state index contributed by atoms with van der Waals surface area (Å²) in [5.41, 5.74) is 0.614. The van der Waals surface area contributed by atoms with E-state index in [2.05, 4.69) is 0 Å². The van der Waals surface area contributed by atoms with Crippen LogP contribution in [0, 0.1) is 0 Å². The molecule has 0 aromatic heterocycles. The number of rotatable bonds is 8. The van der Waals surface area contributed by atoms with Gasteiger partial charge < -0.3 is 18.5 Å². The van der Waals surface area contributed by atoms with Gasteiger partial charge in [0.1, 0.15) is 28.6 Å². The van der Waals surface area contributed by atoms with Crippen LogP contribution in [0.2, 0.25) is 0 Å². The molecule has 3 rings (SSSR count). The van der Waals surface area contributed by atoms with E-state index in [0.29, 0.717) is 5.56 Å². The van der Waals surface area contributed by atoms with Gasteiger partial charge in [0.15, 0.2) is 0 Å². The third-order valence-corrected chi connectivity index (χ3v) is 4.81. The van der Waals surface area contributed by atoms with Gasteiger partial charge in [0.25, 0.3) is 0 Å². The lowest BCUT2D eigenvalue weighted by Gasteiger charge is -2.17. The molecule has 0 fully saturated rings. The topological polar surface area (TPSA) is 91.3 Å². The van der Waals surface area contributed by atoms with Gasteiger partial charge in [0.2, 0.25) is 5.78 Å². The van der Waals surface area contributed by atoms with Crippen LogP contribution in [-0.4, -0.2) is 24.9 Å². The summed E-state index contributed by atoms with van der Waals surface area (Å²) in [6.07, 6.45) is 0. The Morgan fingerprint density at radius 2 is 1.28 bits per heavy atom. The summed E-state index contributed by atoms with van der Waals surface area (Å²) in [4.78, 5) is 23.0. The maximum absolute atomic E-state index is 12.9. The molecule has 1 atom stereocenters. The minimum Gasteiger partial charge on any atom is -0.496 e. The summed E-state index contributed by atoms with van der Waals surface area (Å²) >= 11 is 0. The second kappa shape index (κ2) is 8.82. The molecule has 7 nitrogen and oxygen atoms in total. The Balaban J connectivity index is 1.93. The van der Waals surface area contributed by atoms with E-state index in [1.165, 1.54) is 38.5 Å². The Morgan fingerprint density at radius 1 is 0.793 bits per heavy atom. The maximum atomic E-state index is 12.9. The number of phosphoric acid groups is 1. The van der Waals surface area contributed by atoms with Crippen LogP contribution in [0.5, 0.6) is 23.0 Å². The molecule has 0 saturated heterocycles. The van der Waals surface area contributed by atoms with Crippen LogP contribution in [0.1, 0.15) is 15.9 Å². The highest BCUT2D eigenvalue weighted by molar-refractivity contribution is 7.48. The van der Waals surface area contributed by atoms with Crippen molar-refractivity contribution < 1.29 is 32.8 Å². The number of hydrogen-bond acceptors (Lipinski definition) is 6. The Kier molecular flexibility index (Phi) is 6.22. The molecule has 0 heterocycles. The van der Waals surface area contributed by atoms with Gasteiger partial charge in [-0.25, -0.2) is 4.57 Å². The quantitative estimate of drug-likeness (QED) is 0.429. The lowest BCUT2D eigenvalue weighted by molar-refractivity contribution is 0.103. The van der Waals surface area contributed by atoms with Gasteiger partial charge in [-0.05, 0) is 12.1 Å². The van der Waals surface area contributed by atoms with Crippen molar-refractivity contribution in [1.29, 1.82) is 0 Å². The molecule has 1 unspecified atom stereocenters. The van der Waals surface area contributed by atoms with Crippen molar-refractivity contribution in [3.8, 4) is 23.0 Å². The van der Waals surface area contributed by atoms with Crippen LogP contribution in [-0.2, 0) is 4.57 Å². The second-order valence-electron chi connectivity index (χ2n) is 5.86. The van der Waals surface area contributed by atoms with Crippen LogP contribution in [0.25, 0.3) is 0 Å². The highest BCUT2D eigenvalue weighted by atomic mass is 31.2. The lowest BCUT2D eigenvalue weighted by atomic mass is 10.0. The van der Waals surface area contributed by atoms with Gasteiger partial charge >= 0.3 is 7.82 Å². The average Bonchev–Trinajstić information content (AvgIpc) is 2.73. The minimum atomic E-state index is -4.49. The molecule has 0 aliphatic carbocycles. The first-order chi connectivity index (χ1) is 13.9. The Hall–Kier alpha value is -3.28. The second-order valence-corrected chi connectivity index (χ2v) is 7.16. The zero-order valence-corrected chi connectivity index (χ0v) is 16.7. The van der Waals surface area contributed by atoms with Gasteiger partial charge in [-0.3, -0.25) is 9.69 Å². The van der Waals surface area contributed by atoms with E-state index in [-0.39, 0.29) is 34.3 Å². The van der Waals surface area contributed by atoms with Gasteiger partial charge in [-0.15, -0.1) is 0 Å². The highest BCUT2D eigenvalue weighted by Gasteiger charge is 2.28. The zero-order chi connectivity index (χ0) is 20.9. The van der Waals surface area contributed by atoms with Crippen molar-refractivity contribution >= 4 is 13.6 Å². The van der Waals surface area contributed by atoms with Gasteiger partial charge in [0.05, 0.1) is 14.2 Å². The Bertz CT molecular complexity index is 1010. The summed E-state index contributed by atoms with van der Waals surface area (Å²) in [5, 5.41) is 0. The number of phosphoric ester groups is 1.